The zero-order valence-electron chi connectivity index (χ0n) is 19.1. The van der Waals surface area contributed by atoms with Crippen LogP contribution in [-0.4, -0.2) is 70.8 Å². The molecule has 3 aromatic rings. The average Bonchev–Trinajstić information content (AvgIpc) is 3.27. The Morgan fingerprint density at radius 1 is 0.970 bits per heavy atom. The van der Waals surface area contributed by atoms with E-state index in [-0.39, 0.29) is 30.7 Å². The lowest BCUT2D eigenvalue weighted by atomic mass is 10.1. The van der Waals surface area contributed by atoms with Gasteiger partial charge in [0.1, 0.15) is 5.82 Å². The van der Waals surface area contributed by atoms with E-state index >= 15 is 0 Å². The van der Waals surface area contributed by atoms with Crippen LogP contribution in [0.5, 0.6) is 0 Å². The highest BCUT2D eigenvalue weighted by Crippen LogP contribution is 2.22. The number of carbonyl (C=O) groups excluding carboxylic acids is 3. The Morgan fingerprint density at radius 3 is 2.33 bits per heavy atom. The number of para-hydroxylation sites is 2. The molecule has 0 atom stereocenters. The van der Waals surface area contributed by atoms with Crippen molar-refractivity contribution in [3.63, 3.8) is 0 Å². The maximum absolute atomic E-state index is 12.4. The molecule has 0 saturated carbocycles. The molecule has 0 saturated heterocycles. The first-order chi connectivity index (χ1) is 16.0. The number of nitrogens with zero attached hydrogens (tertiary/aromatic N) is 4. The molecule has 4 rings (SSSR count). The molecule has 1 aliphatic heterocycles. The highest BCUT2D eigenvalue weighted by molar-refractivity contribution is 6.21. The van der Waals surface area contributed by atoms with Gasteiger partial charge in [0.25, 0.3) is 11.8 Å². The zero-order valence-corrected chi connectivity index (χ0v) is 19.1. The Bertz CT molecular complexity index is 1150. The second-order valence-electron chi connectivity index (χ2n) is 8.48. The summed E-state index contributed by atoms with van der Waals surface area (Å²) in [4.78, 5) is 45.3. The minimum Gasteiger partial charge on any atom is -0.356 e. The summed E-state index contributed by atoms with van der Waals surface area (Å²) in [5.74, 6) is 0.0714. The topological polar surface area (TPSA) is 87.5 Å². The molecule has 2 heterocycles. The standard InChI is InChI=1S/C25H29N5O3/c1-28(2)15-7-16-29-21-11-6-5-10-20(21)27-22(29)12-14-26-23(31)13-17-30-24(32)18-8-3-4-9-19(18)25(30)33/h3-6,8-11H,7,12-17H2,1-2H3,(H,26,31). The number of aromatic nitrogens is 2. The fourth-order valence-electron chi connectivity index (χ4n) is 4.17. The second-order valence-corrected chi connectivity index (χ2v) is 8.48. The summed E-state index contributed by atoms with van der Waals surface area (Å²) in [6.45, 7) is 2.36. The van der Waals surface area contributed by atoms with Gasteiger partial charge in [0.05, 0.1) is 22.2 Å². The van der Waals surface area contributed by atoms with E-state index in [2.05, 4.69) is 34.9 Å². The molecular formula is C25H29N5O3. The number of hydrogen-bond acceptors (Lipinski definition) is 5. The van der Waals surface area contributed by atoms with Gasteiger partial charge in [-0.15, -0.1) is 0 Å². The van der Waals surface area contributed by atoms with Crippen molar-refractivity contribution in [3.8, 4) is 0 Å². The smallest absolute Gasteiger partial charge is 0.261 e. The van der Waals surface area contributed by atoms with Crippen molar-refractivity contribution >= 4 is 28.8 Å². The molecule has 1 aromatic heterocycles. The number of rotatable bonds is 10. The highest BCUT2D eigenvalue weighted by Gasteiger charge is 2.34. The molecule has 0 aliphatic carbocycles. The fourth-order valence-corrected chi connectivity index (χ4v) is 4.17. The van der Waals surface area contributed by atoms with E-state index in [9.17, 15) is 14.4 Å². The number of benzene rings is 2. The first-order valence-corrected chi connectivity index (χ1v) is 11.3. The Kier molecular flexibility index (Phi) is 6.84. The Hall–Kier alpha value is -3.52. The summed E-state index contributed by atoms with van der Waals surface area (Å²) in [5, 5.41) is 2.90. The van der Waals surface area contributed by atoms with Crippen LogP contribution in [0, 0.1) is 0 Å². The lowest BCUT2D eigenvalue weighted by molar-refractivity contribution is -0.121. The van der Waals surface area contributed by atoms with E-state index in [1.807, 2.05) is 18.2 Å². The third-order valence-electron chi connectivity index (χ3n) is 5.83. The SMILES string of the molecule is CN(C)CCCn1c(CCNC(=O)CCN2C(=O)c3ccccc3C2=O)nc2ccccc21. The molecule has 0 unspecified atom stereocenters. The summed E-state index contributed by atoms with van der Waals surface area (Å²) >= 11 is 0. The van der Waals surface area contributed by atoms with Crippen LogP contribution in [0.25, 0.3) is 11.0 Å². The summed E-state index contributed by atoms with van der Waals surface area (Å²) < 4.78 is 2.23. The van der Waals surface area contributed by atoms with Gasteiger partial charge in [-0.05, 0) is 51.3 Å². The summed E-state index contributed by atoms with van der Waals surface area (Å²) in [5.41, 5.74) is 2.85. The number of imide groups is 1. The number of imidazole rings is 1. The molecule has 0 fully saturated rings. The molecule has 0 spiro atoms. The van der Waals surface area contributed by atoms with Crippen LogP contribution in [0.15, 0.2) is 48.5 Å². The molecule has 33 heavy (non-hydrogen) atoms. The first-order valence-electron chi connectivity index (χ1n) is 11.3. The minimum absolute atomic E-state index is 0.0707. The van der Waals surface area contributed by atoms with E-state index in [1.54, 1.807) is 24.3 Å². The third-order valence-corrected chi connectivity index (χ3v) is 5.83. The van der Waals surface area contributed by atoms with Crippen LogP contribution < -0.4 is 5.32 Å². The van der Waals surface area contributed by atoms with Crippen molar-refractivity contribution in [2.75, 3.05) is 33.7 Å². The van der Waals surface area contributed by atoms with Crippen molar-refractivity contribution < 1.29 is 14.4 Å². The molecule has 2 aromatic carbocycles. The summed E-state index contributed by atoms with van der Waals surface area (Å²) in [7, 11) is 4.12. The fraction of sp³-hybridized carbons (Fsp3) is 0.360. The van der Waals surface area contributed by atoms with E-state index in [0.717, 1.165) is 41.3 Å². The van der Waals surface area contributed by atoms with Gasteiger partial charge in [-0.3, -0.25) is 19.3 Å². The molecule has 0 radical (unpaired) electrons. The first kappa shape index (κ1) is 22.7. The maximum Gasteiger partial charge on any atom is 0.261 e. The van der Waals surface area contributed by atoms with Crippen LogP contribution >= 0.6 is 0 Å². The molecular weight excluding hydrogens is 418 g/mol. The van der Waals surface area contributed by atoms with Crippen LogP contribution in [0.3, 0.4) is 0 Å². The molecule has 1 aliphatic rings. The van der Waals surface area contributed by atoms with Gasteiger partial charge < -0.3 is 14.8 Å². The number of fused-ring (bicyclic) bond motifs is 2. The predicted molar refractivity (Wildman–Crippen MR) is 126 cm³/mol. The zero-order chi connectivity index (χ0) is 23.4. The molecule has 172 valence electrons. The van der Waals surface area contributed by atoms with E-state index < -0.39 is 0 Å². The van der Waals surface area contributed by atoms with Crippen molar-refractivity contribution in [1.29, 1.82) is 0 Å². The largest absolute Gasteiger partial charge is 0.356 e. The number of hydrogen-bond donors (Lipinski definition) is 1. The minimum atomic E-state index is -0.338. The Balaban J connectivity index is 1.31. The van der Waals surface area contributed by atoms with Crippen molar-refractivity contribution in [2.24, 2.45) is 0 Å². The second kappa shape index (κ2) is 9.95. The molecule has 8 heteroatoms. The monoisotopic (exact) mass is 447 g/mol. The quantitative estimate of drug-likeness (QED) is 0.482. The van der Waals surface area contributed by atoms with E-state index in [4.69, 9.17) is 4.98 Å². The molecule has 1 N–H and O–H groups in total. The number of aryl methyl sites for hydroxylation is 1. The average molecular weight is 448 g/mol. The van der Waals surface area contributed by atoms with Gasteiger partial charge in [0.15, 0.2) is 0 Å². The van der Waals surface area contributed by atoms with Crippen molar-refractivity contribution in [1.82, 2.24) is 24.7 Å². The van der Waals surface area contributed by atoms with Crippen LogP contribution in [0.4, 0.5) is 0 Å². The summed E-state index contributed by atoms with van der Waals surface area (Å²) in [6.07, 6.45) is 1.69. The van der Waals surface area contributed by atoms with Crippen molar-refractivity contribution in [3.05, 3.63) is 65.5 Å². The third kappa shape index (κ3) is 4.96. The van der Waals surface area contributed by atoms with E-state index in [1.165, 1.54) is 0 Å². The number of carbonyl (C=O) groups is 3. The maximum atomic E-state index is 12.4. The van der Waals surface area contributed by atoms with Gasteiger partial charge in [-0.1, -0.05) is 24.3 Å². The van der Waals surface area contributed by atoms with Crippen LogP contribution in [-0.2, 0) is 17.8 Å². The Morgan fingerprint density at radius 2 is 1.64 bits per heavy atom. The van der Waals surface area contributed by atoms with Gasteiger partial charge in [0, 0.05) is 32.5 Å². The summed E-state index contributed by atoms with van der Waals surface area (Å²) in [6, 6.07) is 14.8. The van der Waals surface area contributed by atoms with Gasteiger partial charge in [0.2, 0.25) is 5.91 Å². The Labute approximate surface area is 193 Å². The highest BCUT2D eigenvalue weighted by atomic mass is 16.2. The normalized spacial score (nSPS) is 13.2. The van der Waals surface area contributed by atoms with Crippen LogP contribution in [0.1, 0.15) is 39.4 Å². The lowest BCUT2D eigenvalue weighted by Gasteiger charge is -2.14. The molecule has 3 amide bonds. The van der Waals surface area contributed by atoms with Gasteiger partial charge in [-0.25, -0.2) is 4.98 Å². The molecule has 8 nitrogen and oxygen atoms in total. The lowest BCUT2D eigenvalue weighted by Crippen LogP contribution is -2.35. The van der Waals surface area contributed by atoms with Gasteiger partial charge >= 0.3 is 0 Å². The molecule has 0 bridgehead atoms. The van der Waals surface area contributed by atoms with E-state index in [0.29, 0.717) is 24.1 Å². The predicted octanol–water partition coefficient (Wildman–Crippen LogP) is 2.33. The van der Waals surface area contributed by atoms with Crippen LogP contribution in [0.2, 0.25) is 0 Å². The van der Waals surface area contributed by atoms with Gasteiger partial charge in [-0.2, -0.15) is 0 Å². The number of nitrogens with one attached hydrogen (secondary N) is 1. The van der Waals surface area contributed by atoms with Crippen molar-refractivity contribution in [2.45, 2.75) is 25.8 Å². The number of amides is 3.